The number of aryl methyl sites for hydroxylation is 1. The van der Waals surface area contributed by atoms with Crippen molar-refractivity contribution < 1.29 is 9.59 Å². The molecule has 9 nitrogen and oxygen atoms in total. The number of aromatic nitrogens is 5. The highest BCUT2D eigenvalue weighted by molar-refractivity contribution is 5.78. The summed E-state index contributed by atoms with van der Waals surface area (Å²) in [5.74, 6) is 0.384. The molecule has 2 fully saturated rings. The van der Waals surface area contributed by atoms with Crippen LogP contribution in [-0.4, -0.2) is 72.5 Å². The van der Waals surface area contributed by atoms with Gasteiger partial charge >= 0.3 is 0 Å². The molecule has 1 unspecified atom stereocenters. The van der Waals surface area contributed by atoms with Gasteiger partial charge in [0, 0.05) is 62.7 Å². The van der Waals surface area contributed by atoms with Crippen LogP contribution in [0.2, 0.25) is 0 Å². The monoisotopic (exact) mass is 385 g/mol. The van der Waals surface area contributed by atoms with Gasteiger partial charge in [-0.25, -0.2) is 9.97 Å². The van der Waals surface area contributed by atoms with E-state index in [0.29, 0.717) is 25.9 Å². The maximum atomic E-state index is 12.7. The Hall–Kier alpha value is -2.71. The average molecular weight is 385 g/mol. The Labute approximate surface area is 164 Å². The van der Waals surface area contributed by atoms with Gasteiger partial charge < -0.3 is 14.8 Å². The second-order valence-corrected chi connectivity index (χ2v) is 7.97. The first-order chi connectivity index (χ1) is 13.6. The Morgan fingerprint density at radius 1 is 1.21 bits per heavy atom. The summed E-state index contributed by atoms with van der Waals surface area (Å²) < 4.78 is 1.69. The van der Waals surface area contributed by atoms with Gasteiger partial charge in [0.25, 0.3) is 0 Å². The van der Waals surface area contributed by atoms with E-state index >= 15 is 0 Å². The molecule has 0 radical (unpaired) electrons. The summed E-state index contributed by atoms with van der Waals surface area (Å²) in [7, 11) is 0. The van der Waals surface area contributed by atoms with Gasteiger partial charge in [0.1, 0.15) is 12.7 Å². The number of rotatable bonds is 6. The van der Waals surface area contributed by atoms with Crippen molar-refractivity contribution in [3.05, 3.63) is 30.9 Å². The number of aromatic amines is 1. The van der Waals surface area contributed by atoms with Gasteiger partial charge in [0.05, 0.1) is 12.9 Å². The zero-order valence-electron chi connectivity index (χ0n) is 16.1. The van der Waals surface area contributed by atoms with Crippen LogP contribution in [-0.2, 0) is 22.6 Å². The first-order valence-corrected chi connectivity index (χ1v) is 9.99. The molecule has 2 aromatic heterocycles. The number of carbonyl (C=O) groups excluding carboxylic acids is 2. The smallest absolute Gasteiger partial charge is 0.224 e. The van der Waals surface area contributed by atoms with E-state index in [0.717, 1.165) is 51.0 Å². The number of carbonyl (C=O) groups is 2. The van der Waals surface area contributed by atoms with Crippen LogP contribution in [0.5, 0.6) is 0 Å². The van der Waals surface area contributed by atoms with Crippen LogP contribution >= 0.6 is 0 Å². The molecule has 2 aliphatic heterocycles. The van der Waals surface area contributed by atoms with Crippen molar-refractivity contribution in [2.45, 2.75) is 45.1 Å². The van der Waals surface area contributed by atoms with Gasteiger partial charge in [-0.1, -0.05) is 0 Å². The molecule has 2 aromatic rings. The maximum Gasteiger partial charge on any atom is 0.224 e. The van der Waals surface area contributed by atoms with Crippen LogP contribution in [0.25, 0.3) is 0 Å². The average Bonchev–Trinajstić information content (AvgIpc) is 3.41. The zero-order valence-corrected chi connectivity index (χ0v) is 16.1. The van der Waals surface area contributed by atoms with Crippen LogP contribution in [0.4, 0.5) is 0 Å². The standard InChI is InChI=1S/C19H27N7O2/c27-17-2-6-19(12-25(17)8-3-16-10-20-13-22-16)5-1-7-24(11-19)18(28)4-9-26-15-21-14-23-26/h10,13-15H,1-9,11-12H2,(H,20,22). The van der Waals surface area contributed by atoms with E-state index in [1.807, 2.05) is 9.80 Å². The molecule has 4 rings (SSSR count). The fourth-order valence-electron chi connectivity index (χ4n) is 4.45. The fraction of sp³-hybridized carbons (Fsp3) is 0.632. The van der Waals surface area contributed by atoms with Crippen molar-refractivity contribution in [3.8, 4) is 0 Å². The van der Waals surface area contributed by atoms with E-state index in [-0.39, 0.29) is 17.2 Å². The number of likely N-dealkylation sites (tertiary alicyclic amines) is 2. The predicted octanol–water partition coefficient (Wildman–Crippen LogP) is 0.865. The third kappa shape index (κ3) is 4.23. The lowest BCUT2D eigenvalue weighted by Gasteiger charge is -2.48. The van der Waals surface area contributed by atoms with Gasteiger partial charge in [-0.15, -0.1) is 0 Å². The molecule has 0 bridgehead atoms. The van der Waals surface area contributed by atoms with Crippen LogP contribution in [0.1, 0.15) is 37.8 Å². The van der Waals surface area contributed by atoms with Crippen LogP contribution in [0.3, 0.4) is 0 Å². The van der Waals surface area contributed by atoms with Crippen molar-refractivity contribution >= 4 is 11.8 Å². The topological polar surface area (TPSA) is 100 Å². The number of imidazole rings is 1. The van der Waals surface area contributed by atoms with Crippen LogP contribution in [0.15, 0.2) is 25.2 Å². The van der Waals surface area contributed by atoms with Gasteiger partial charge in [-0.2, -0.15) is 5.10 Å². The molecule has 2 amide bonds. The summed E-state index contributed by atoms with van der Waals surface area (Å²) in [4.78, 5) is 40.2. The summed E-state index contributed by atoms with van der Waals surface area (Å²) in [5, 5.41) is 4.06. The molecular weight excluding hydrogens is 358 g/mol. The summed E-state index contributed by atoms with van der Waals surface area (Å²) in [6, 6.07) is 0. The Bertz CT molecular complexity index is 789. The minimum absolute atomic E-state index is 0.0308. The van der Waals surface area contributed by atoms with Gasteiger partial charge in [0.2, 0.25) is 11.8 Å². The summed E-state index contributed by atoms with van der Waals surface area (Å²) >= 11 is 0. The lowest BCUT2D eigenvalue weighted by molar-refractivity contribution is -0.143. The molecule has 2 aliphatic rings. The summed E-state index contributed by atoms with van der Waals surface area (Å²) in [6.07, 6.45) is 11.3. The highest BCUT2D eigenvalue weighted by Gasteiger charge is 2.42. The molecule has 1 atom stereocenters. The molecule has 9 heteroatoms. The largest absolute Gasteiger partial charge is 0.348 e. The van der Waals surface area contributed by atoms with Crippen molar-refractivity contribution in [3.63, 3.8) is 0 Å². The molecule has 0 saturated carbocycles. The molecule has 0 aromatic carbocycles. The quantitative estimate of drug-likeness (QED) is 0.795. The molecule has 4 heterocycles. The Morgan fingerprint density at radius 2 is 2.14 bits per heavy atom. The maximum absolute atomic E-state index is 12.7. The molecule has 1 N–H and O–H groups in total. The first-order valence-electron chi connectivity index (χ1n) is 9.99. The predicted molar refractivity (Wildman–Crippen MR) is 101 cm³/mol. The number of H-pyrrole nitrogens is 1. The number of nitrogens with one attached hydrogen (secondary N) is 1. The van der Waals surface area contributed by atoms with Crippen LogP contribution in [0, 0.1) is 5.41 Å². The molecule has 2 saturated heterocycles. The lowest BCUT2D eigenvalue weighted by atomic mass is 9.73. The molecule has 150 valence electrons. The van der Waals surface area contributed by atoms with Crippen molar-refractivity contribution in [2.75, 3.05) is 26.2 Å². The van der Waals surface area contributed by atoms with Crippen LogP contribution < -0.4 is 0 Å². The first kappa shape index (κ1) is 18.6. The Kier molecular flexibility index (Phi) is 5.40. The van der Waals surface area contributed by atoms with Crippen molar-refractivity contribution in [2.24, 2.45) is 5.41 Å². The van der Waals surface area contributed by atoms with E-state index in [1.165, 1.54) is 6.33 Å². The highest BCUT2D eigenvalue weighted by Crippen LogP contribution is 2.39. The zero-order chi connectivity index (χ0) is 19.4. The minimum Gasteiger partial charge on any atom is -0.348 e. The minimum atomic E-state index is 0.0308. The normalized spacial score (nSPS) is 22.8. The van der Waals surface area contributed by atoms with Gasteiger partial charge in [-0.05, 0) is 19.3 Å². The third-order valence-electron chi connectivity index (χ3n) is 5.99. The fourth-order valence-corrected chi connectivity index (χ4v) is 4.45. The number of hydrogen-bond donors (Lipinski definition) is 1. The van der Waals surface area contributed by atoms with E-state index in [1.54, 1.807) is 23.5 Å². The van der Waals surface area contributed by atoms with E-state index in [9.17, 15) is 9.59 Å². The molecule has 1 spiro atoms. The van der Waals surface area contributed by atoms with Crippen molar-refractivity contribution in [1.29, 1.82) is 0 Å². The van der Waals surface area contributed by atoms with Crippen molar-refractivity contribution in [1.82, 2.24) is 34.5 Å². The van der Waals surface area contributed by atoms with E-state index in [2.05, 4.69) is 20.1 Å². The highest BCUT2D eigenvalue weighted by atomic mass is 16.2. The second-order valence-electron chi connectivity index (χ2n) is 7.97. The van der Waals surface area contributed by atoms with E-state index in [4.69, 9.17) is 0 Å². The molecular formula is C19H27N7O2. The Morgan fingerprint density at radius 3 is 2.93 bits per heavy atom. The Balaban J connectivity index is 1.34. The van der Waals surface area contributed by atoms with Gasteiger partial charge in [0.15, 0.2) is 0 Å². The number of hydrogen-bond acceptors (Lipinski definition) is 5. The van der Waals surface area contributed by atoms with Gasteiger partial charge in [-0.3, -0.25) is 14.3 Å². The molecule has 0 aliphatic carbocycles. The molecule has 28 heavy (non-hydrogen) atoms. The summed E-state index contributed by atoms with van der Waals surface area (Å²) in [5.41, 5.74) is 1.07. The van der Waals surface area contributed by atoms with E-state index < -0.39 is 0 Å². The number of amides is 2. The number of piperidine rings is 2. The summed E-state index contributed by atoms with van der Waals surface area (Å²) in [6.45, 7) is 3.55. The second kappa shape index (κ2) is 8.12. The SMILES string of the molecule is O=C(CCn1cncn1)N1CCCC2(CCC(=O)N(CCc3cnc[nH]3)C2)C1. The lowest BCUT2D eigenvalue weighted by Crippen LogP contribution is -2.55. The third-order valence-corrected chi connectivity index (χ3v) is 5.99. The number of nitrogens with zero attached hydrogens (tertiary/aromatic N) is 6.